The van der Waals surface area contributed by atoms with Crippen LogP contribution in [0.25, 0.3) is 22.0 Å². The van der Waals surface area contributed by atoms with Crippen molar-refractivity contribution >= 4 is 44.5 Å². The molecule has 1 aliphatic heterocycles. The molecule has 6 nitrogen and oxygen atoms in total. The minimum atomic E-state index is -0.745. The van der Waals surface area contributed by atoms with E-state index in [0.29, 0.717) is 10.8 Å². The lowest BCUT2D eigenvalue weighted by Crippen LogP contribution is -2.29. The molecule has 1 aliphatic rings. The van der Waals surface area contributed by atoms with Crippen molar-refractivity contribution in [1.82, 2.24) is 4.98 Å². The predicted molar refractivity (Wildman–Crippen MR) is 125 cm³/mol. The van der Waals surface area contributed by atoms with Crippen molar-refractivity contribution in [3.63, 3.8) is 0 Å². The van der Waals surface area contributed by atoms with Crippen LogP contribution in [-0.2, 0) is 4.79 Å². The molecular weight excluding hydrogens is 406 g/mol. The van der Waals surface area contributed by atoms with E-state index in [9.17, 15) is 4.79 Å². The lowest BCUT2D eigenvalue weighted by Gasteiger charge is -2.08. The summed E-state index contributed by atoms with van der Waals surface area (Å²) in [5, 5.41) is 19.0. The monoisotopic (exact) mass is 425 g/mol. The fraction of sp³-hybridized carbons (Fsp3) is 0.125. The molecule has 152 valence electrons. The lowest BCUT2D eigenvalue weighted by molar-refractivity contribution is -0.117. The molecule has 1 atom stereocenters. The van der Waals surface area contributed by atoms with Gasteiger partial charge in [-0.15, -0.1) is 11.3 Å². The molecule has 5 rings (SSSR count). The standard InChI is InChI=1S/C24H19N5OS/c1-15-10-12-18(13-11-15)21-14-31-24(25-21)29-23(30)22(16(2)28-29)27-26-20-9-5-7-17-6-3-4-8-19(17)20/h3-14,22H,1-2H3/t22-/m1/s1. The van der Waals surface area contributed by atoms with Crippen molar-refractivity contribution in [2.75, 3.05) is 5.01 Å². The molecule has 2 heterocycles. The van der Waals surface area contributed by atoms with E-state index in [1.54, 1.807) is 6.92 Å². The number of hydrogen-bond donors (Lipinski definition) is 0. The number of carbonyl (C=O) groups is 1. The van der Waals surface area contributed by atoms with E-state index in [2.05, 4.69) is 20.3 Å². The third-order valence-electron chi connectivity index (χ3n) is 5.16. The van der Waals surface area contributed by atoms with Crippen molar-refractivity contribution in [1.29, 1.82) is 0 Å². The van der Waals surface area contributed by atoms with Crippen molar-refractivity contribution in [2.45, 2.75) is 19.9 Å². The van der Waals surface area contributed by atoms with Crippen molar-refractivity contribution in [2.24, 2.45) is 15.3 Å². The average molecular weight is 426 g/mol. The van der Waals surface area contributed by atoms with E-state index in [0.717, 1.165) is 27.7 Å². The van der Waals surface area contributed by atoms with Crippen LogP contribution in [0.15, 0.2) is 87.4 Å². The number of aromatic nitrogens is 1. The summed E-state index contributed by atoms with van der Waals surface area (Å²) in [6, 6.07) is 21.2. The Morgan fingerprint density at radius 2 is 1.74 bits per heavy atom. The fourth-order valence-corrected chi connectivity index (χ4v) is 4.25. The number of azo groups is 1. The maximum Gasteiger partial charge on any atom is 0.282 e. The molecule has 31 heavy (non-hydrogen) atoms. The first-order valence-corrected chi connectivity index (χ1v) is 10.8. The predicted octanol–water partition coefficient (Wildman–Crippen LogP) is 6.15. The normalized spacial score (nSPS) is 16.5. The Bertz CT molecular complexity index is 1330. The summed E-state index contributed by atoms with van der Waals surface area (Å²) < 4.78 is 0. The molecule has 4 aromatic rings. The minimum Gasteiger partial charge on any atom is -0.269 e. The van der Waals surface area contributed by atoms with Gasteiger partial charge in [0, 0.05) is 16.3 Å². The molecule has 7 heteroatoms. The van der Waals surface area contributed by atoms with E-state index in [4.69, 9.17) is 0 Å². The van der Waals surface area contributed by atoms with Gasteiger partial charge in [-0.25, -0.2) is 4.98 Å². The average Bonchev–Trinajstić information content (AvgIpc) is 3.38. The Morgan fingerprint density at radius 3 is 2.58 bits per heavy atom. The fourth-order valence-electron chi connectivity index (χ4n) is 3.46. The molecule has 0 saturated carbocycles. The van der Waals surface area contributed by atoms with E-state index >= 15 is 0 Å². The van der Waals surface area contributed by atoms with E-state index < -0.39 is 6.04 Å². The Kier molecular flexibility index (Phi) is 4.88. The van der Waals surface area contributed by atoms with E-state index in [-0.39, 0.29) is 5.91 Å². The van der Waals surface area contributed by atoms with Gasteiger partial charge in [0.15, 0.2) is 6.04 Å². The van der Waals surface area contributed by atoms with E-state index in [1.165, 1.54) is 21.9 Å². The highest BCUT2D eigenvalue weighted by Crippen LogP contribution is 2.31. The summed E-state index contributed by atoms with van der Waals surface area (Å²) in [5.74, 6) is -0.244. The number of hydrazone groups is 1. The second-order valence-electron chi connectivity index (χ2n) is 7.39. The number of carbonyl (C=O) groups excluding carboxylic acids is 1. The maximum atomic E-state index is 13.0. The highest BCUT2D eigenvalue weighted by atomic mass is 32.1. The van der Waals surface area contributed by atoms with Gasteiger partial charge in [0.2, 0.25) is 5.13 Å². The molecule has 1 amide bonds. The summed E-state index contributed by atoms with van der Waals surface area (Å²) in [4.78, 5) is 17.6. The van der Waals surface area contributed by atoms with Crippen molar-refractivity contribution in [3.8, 4) is 11.3 Å². The number of thiazole rings is 1. The topological polar surface area (TPSA) is 70.3 Å². The van der Waals surface area contributed by atoms with Gasteiger partial charge in [-0.2, -0.15) is 20.3 Å². The highest BCUT2D eigenvalue weighted by Gasteiger charge is 2.36. The largest absolute Gasteiger partial charge is 0.282 e. The van der Waals surface area contributed by atoms with Crippen LogP contribution >= 0.6 is 11.3 Å². The summed E-state index contributed by atoms with van der Waals surface area (Å²) in [6.07, 6.45) is 0. The Labute approximate surface area is 183 Å². The van der Waals surface area contributed by atoms with Crippen LogP contribution in [0.4, 0.5) is 10.8 Å². The number of rotatable bonds is 4. The molecule has 0 radical (unpaired) electrons. The van der Waals surface area contributed by atoms with E-state index in [1.807, 2.05) is 79.0 Å². The molecule has 0 saturated heterocycles. The highest BCUT2D eigenvalue weighted by molar-refractivity contribution is 7.14. The summed E-state index contributed by atoms with van der Waals surface area (Å²) in [6.45, 7) is 3.84. The molecule has 0 spiro atoms. The maximum absolute atomic E-state index is 13.0. The first-order valence-electron chi connectivity index (χ1n) is 9.90. The summed E-state index contributed by atoms with van der Waals surface area (Å²) in [5.41, 5.74) is 4.34. The zero-order chi connectivity index (χ0) is 21.4. The smallest absolute Gasteiger partial charge is 0.269 e. The van der Waals surface area contributed by atoms with Crippen LogP contribution < -0.4 is 5.01 Å². The molecule has 0 unspecified atom stereocenters. The zero-order valence-electron chi connectivity index (χ0n) is 17.1. The number of amides is 1. The van der Waals surface area contributed by atoms with Crippen LogP contribution in [0.1, 0.15) is 12.5 Å². The zero-order valence-corrected chi connectivity index (χ0v) is 17.9. The molecule has 1 aromatic heterocycles. The van der Waals surface area contributed by atoms with Gasteiger partial charge in [-0.05, 0) is 25.3 Å². The van der Waals surface area contributed by atoms with Crippen LogP contribution in [0, 0.1) is 6.92 Å². The Hall–Kier alpha value is -3.71. The lowest BCUT2D eigenvalue weighted by atomic mass is 10.1. The number of aryl methyl sites for hydroxylation is 1. The Morgan fingerprint density at radius 1 is 0.968 bits per heavy atom. The van der Waals surface area contributed by atoms with Crippen LogP contribution in [0.5, 0.6) is 0 Å². The van der Waals surface area contributed by atoms with Gasteiger partial charge in [0.05, 0.1) is 17.1 Å². The number of fused-ring (bicyclic) bond motifs is 1. The number of nitrogens with zero attached hydrogens (tertiary/aromatic N) is 5. The first kappa shape index (κ1) is 19.3. The quantitative estimate of drug-likeness (QED) is 0.368. The Balaban J connectivity index is 1.39. The van der Waals surface area contributed by atoms with Crippen molar-refractivity contribution < 1.29 is 4.79 Å². The van der Waals surface area contributed by atoms with Gasteiger partial charge >= 0.3 is 0 Å². The molecule has 3 aromatic carbocycles. The van der Waals surface area contributed by atoms with Crippen molar-refractivity contribution in [3.05, 3.63) is 77.7 Å². The molecule has 0 bridgehead atoms. The van der Waals surface area contributed by atoms with Crippen LogP contribution in [0.3, 0.4) is 0 Å². The molecule has 0 fully saturated rings. The number of hydrogen-bond acceptors (Lipinski definition) is 6. The van der Waals surface area contributed by atoms with Crippen LogP contribution in [0.2, 0.25) is 0 Å². The number of benzene rings is 3. The first-order chi connectivity index (χ1) is 15.1. The third-order valence-corrected chi connectivity index (χ3v) is 5.98. The minimum absolute atomic E-state index is 0.244. The molecule has 0 N–H and O–H groups in total. The second kappa shape index (κ2) is 7.85. The van der Waals surface area contributed by atoms with Gasteiger partial charge in [-0.3, -0.25) is 4.79 Å². The van der Waals surface area contributed by atoms with Gasteiger partial charge < -0.3 is 0 Å². The molecular formula is C24H19N5OS. The van der Waals surface area contributed by atoms with Gasteiger partial charge in [0.1, 0.15) is 0 Å². The molecule has 0 aliphatic carbocycles. The van der Waals surface area contributed by atoms with Gasteiger partial charge in [0.25, 0.3) is 5.91 Å². The number of anilines is 1. The summed E-state index contributed by atoms with van der Waals surface area (Å²) >= 11 is 1.38. The summed E-state index contributed by atoms with van der Waals surface area (Å²) in [7, 11) is 0. The van der Waals surface area contributed by atoms with Crippen LogP contribution in [-0.4, -0.2) is 22.6 Å². The SMILES string of the molecule is CC1=NN(c2nc(-c3ccc(C)cc3)cs2)C(=O)[C@@H]1N=Nc1cccc2ccccc12. The third kappa shape index (κ3) is 3.64. The van der Waals surface area contributed by atoms with Gasteiger partial charge in [-0.1, -0.05) is 66.2 Å². The second-order valence-corrected chi connectivity index (χ2v) is 8.23.